The molecule has 0 bridgehead atoms. The summed E-state index contributed by atoms with van der Waals surface area (Å²) in [5.41, 5.74) is 7.26. The maximum absolute atomic E-state index is 13.1. The topological polar surface area (TPSA) is 35.2 Å². The van der Waals surface area contributed by atoms with Crippen molar-refractivity contribution in [2.75, 3.05) is 6.61 Å². The molecule has 0 fully saturated rings. The fraction of sp³-hybridized carbons (Fsp3) is 0.200. The molecular formula is C15H14ClF2NO. The molecule has 20 heavy (non-hydrogen) atoms. The lowest BCUT2D eigenvalue weighted by atomic mass is 10.1. The molecule has 0 spiro atoms. The van der Waals surface area contributed by atoms with Crippen LogP contribution in [0.1, 0.15) is 17.2 Å². The summed E-state index contributed by atoms with van der Waals surface area (Å²) >= 11 is 5.91. The van der Waals surface area contributed by atoms with E-state index in [9.17, 15) is 8.78 Å². The Morgan fingerprint density at radius 3 is 2.55 bits per heavy atom. The summed E-state index contributed by atoms with van der Waals surface area (Å²) in [6, 6.07) is 8.29. The van der Waals surface area contributed by atoms with Gasteiger partial charge in [0.2, 0.25) is 0 Å². The molecule has 1 atom stereocenters. The Hall–Kier alpha value is -1.65. The van der Waals surface area contributed by atoms with Gasteiger partial charge in [-0.25, -0.2) is 8.78 Å². The van der Waals surface area contributed by atoms with Crippen molar-refractivity contribution >= 4 is 11.6 Å². The molecule has 106 valence electrons. The van der Waals surface area contributed by atoms with Gasteiger partial charge in [0.25, 0.3) is 0 Å². The van der Waals surface area contributed by atoms with Gasteiger partial charge in [-0.2, -0.15) is 0 Å². The molecule has 0 heterocycles. The Balaban J connectivity index is 2.02. The molecule has 0 radical (unpaired) electrons. The number of hydrogen-bond acceptors (Lipinski definition) is 2. The lowest BCUT2D eigenvalue weighted by Gasteiger charge is -2.14. The van der Waals surface area contributed by atoms with Gasteiger partial charge in [0.05, 0.1) is 6.04 Å². The standard InChI is InChI=1S/C15H14ClF2NO/c1-9-6-11(3-4-12(9)16)20-8-15(19)10-2-5-13(17)14(18)7-10/h2-7,15H,8,19H2,1H3. The lowest BCUT2D eigenvalue weighted by molar-refractivity contribution is 0.290. The van der Waals surface area contributed by atoms with Gasteiger partial charge in [0.1, 0.15) is 12.4 Å². The number of rotatable bonds is 4. The van der Waals surface area contributed by atoms with Gasteiger partial charge in [-0.3, -0.25) is 0 Å². The summed E-state index contributed by atoms with van der Waals surface area (Å²) in [6.07, 6.45) is 0. The van der Waals surface area contributed by atoms with Crippen LogP contribution < -0.4 is 10.5 Å². The lowest BCUT2D eigenvalue weighted by Crippen LogP contribution is -2.19. The number of hydrogen-bond donors (Lipinski definition) is 1. The summed E-state index contributed by atoms with van der Waals surface area (Å²) in [4.78, 5) is 0. The van der Waals surface area contributed by atoms with Crippen molar-refractivity contribution in [1.29, 1.82) is 0 Å². The van der Waals surface area contributed by atoms with E-state index < -0.39 is 17.7 Å². The second kappa shape index (κ2) is 6.20. The van der Waals surface area contributed by atoms with Gasteiger partial charge in [0.15, 0.2) is 11.6 Å². The van der Waals surface area contributed by atoms with Crippen LogP contribution >= 0.6 is 11.6 Å². The first-order valence-electron chi connectivity index (χ1n) is 6.07. The summed E-state index contributed by atoms with van der Waals surface area (Å²) in [5.74, 6) is -1.18. The first-order chi connectivity index (χ1) is 9.47. The molecule has 2 aromatic rings. The number of ether oxygens (including phenoxy) is 1. The fourth-order valence-electron chi connectivity index (χ4n) is 1.73. The third-order valence-corrected chi connectivity index (χ3v) is 3.35. The van der Waals surface area contributed by atoms with Gasteiger partial charge < -0.3 is 10.5 Å². The molecule has 0 aromatic heterocycles. The van der Waals surface area contributed by atoms with Crippen molar-refractivity contribution in [1.82, 2.24) is 0 Å². The molecule has 0 aliphatic heterocycles. The van der Waals surface area contributed by atoms with Crippen molar-refractivity contribution in [2.45, 2.75) is 13.0 Å². The van der Waals surface area contributed by atoms with Gasteiger partial charge in [-0.15, -0.1) is 0 Å². The van der Waals surface area contributed by atoms with Crippen molar-refractivity contribution in [3.63, 3.8) is 0 Å². The Bertz CT molecular complexity index is 619. The third kappa shape index (κ3) is 3.46. The molecule has 2 aromatic carbocycles. The summed E-state index contributed by atoms with van der Waals surface area (Å²) in [5, 5.41) is 0.655. The number of halogens is 3. The van der Waals surface area contributed by atoms with Gasteiger partial charge in [-0.05, 0) is 48.4 Å². The van der Waals surface area contributed by atoms with Crippen LogP contribution in [-0.4, -0.2) is 6.61 Å². The van der Waals surface area contributed by atoms with E-state index in [1.807, 2.05) is 6.92 Å². The summed E-state index contributed by atoms with van der Waals surface area (Å²) in [7, 11) is 0. The van der Waals surface area contributed by atoms with Crippen LogP contribution in [0.5, 0.6) is 5.75 Å². The third-order valence-electron chi connectivity index (χ3n) is 2.93. The number of nitrogens with two attached hydrogens (primary N) is 1. The number of benzene rings is 2. The molecule has 0 amide bonds. The van der Waals surface area contributed by atoms with Crippen molar-refractivity contribution in [2.24, 2.45) is 5.73 Å². The molecule has 0 aliphatic carbocycles. The predicted molar refractivity (Wildman–Crippen MR) is 75.0 cm³/mol. The van der Waals surface area contributed by atoms with E-state index in [0.717, 1.165) is 17.7 Å². The Labute approximate surface area is 121 Å². The highest BCUT2D eigenvalue weighted by Gasteiger charge is 2.10. The van der Waals surface area contributed by atoms with Crippen molar-refractivity contribution in [3.05, 3.63) is 64.2 Å². The molecule has 0 saturated heterocycles. The fourth-order valence-corrected chi connectivity index (χ4v) is 1.85. The first kappa shape index (κ1) is 14.8. The zero-order valence-corrected chi connectivity index (χ0v) is 11.6. The maximum Gasteiger partial charge on any atom is 0.159 e. The van der Waals surface area contributed by atoms with E-state index in [4.69, 9.17) is 22.1 Å². The molecule has 2 nitrogen and oxygen atoms in total. The Morgan fingerprint density at radius 2 is 1.90 bits per heavy atom. The Morgan fingerprint density at radius 1 is 1.15 bits per heavy atom. The van der Waals surface area contributed by atoms with Crippen LogP contribution in [0.4, 0.5) is 8.78 Å². The van der Waals surface area contributed by atoms with E-state index >= 15 is 0 Å². The SMILES string of the molecule is Cc1cc(OCC(N)c2ccc(F)c(F)c2)ccc1Cl. The smallest absolute Gasteiger partial charge is 0.159 e. The highest BCUT2D eigenvalue weighted by atomic mass is 35.5. The highest BCUT2D eigenvalue weighted by Crippen LogP contribution is 2.22. The van der Waals surface area contributed by atoms with Gasteiger partial charge >= 0.3 is 0 Å². The molecule has 0 saturated carbocycles. The molecule has 2 rings (SSSR count). The molecule has 0 aliphatic rings. The zero-order chi connectivity index (χ0) is 14.7. The quantitative estimate of drug-likeness (QED) is 0.925. The van der Waals surface area contributed by atoms with Crippen LogP contribution in [0.25, 0.3) is 0 Å². The number of aryl methyl sites for hydroxylation is 1. The minimum Gasteiger partial charge on any atom is -0.492 e. The van der Waals surface area contributed by atoms with E-state index in [2.05, 4.69) is 0 Å². The minimum atomic E-state index is -0.916. The van der Waals surface area contributed by atoms with Gasteiger partial charge in [0, 0.05) is 5.02 Å². The average Bonchev–Trinajstić information content (AvgIpc) is 2.43. The van der Waals surface area contributed by atoms with Crippen molar-refractivity contribution < 1.29 is 13.5 Å². The van der Waals surface area contributed by atoms with E-state index in [0.29, 0.717) is 16.3 Å². The maximum atomic E-state index is 13.1. The second-order valence-electron chi connectivity index (χ2n) is 4.50. The summed E-state index contributed by atoms with van der Waals surface area (Å²) in [6.45, 7) is 2.02. The van der Waals surface area contributed by atoms with E-state index in [1.165, 1.54) is 6.07 Å². The normalized spacial score (nSPS) is 12.2. The molecular weight excluding hydrogens is 284 g/mol. The van der Waals surface area contributed by atoms with Crippen molar-refractivity contribution in [3.8, 4) is 5.75 Å². The largest absolute Gasteiger partial charge is 0.492 e. The van der Waals surface area contributed by atoms with E-state index in [-0.39, 0.29) is 6.61 Å². The summed E-state index contributed by atoms with van der Waals surface area (Å²) < 4.78 is 31.5. The molecule has 5 heteroatoms. The Kier molecular flexibility index (Phi) is 4.57. The predicted octanol–water partition coefficient (Wildman–Crippen LogP) is 4.01. The van der Waals surface area contributed by atoms with Crippen LogP contribution in [0.3, 0.4) is 0 Å². The van der Waals surface area contributed by atoms with E-state index in [1.54, 1.807) is 18.2 Å². The molecule has 1 unspecified atom stereocenters. The minimum absolute atomic E-state index is 0.159. The van der Waals surface area contributed by atoms with Crippen LogP contribution in [-0.2, 0) is 0 Å². The monoisotopic (exact) mass is 297 g/mol. The molecule has 2 N–H and O–H groups in total. The van der Waals surface area contributed by atoms with Crippen LogP contribution in [0.2, 0.25) is 5.02 Å². The average molecular weight is 298 g/mol. The van der Waals surface area contributed by atoms with Crippen LogP contribution in [0, 0.1) is 18.6 Å². The highest BCUT2D eigenvalue weighted by molar-refractivity contribution is 6.31. The second-order valence-corrected chi connectivity index (χ2v) is 4.91. The van der Waals surface area contributed by atoms with Crippen LogP contribution in [0.15, 0.2) is 36.4 Å². The first-order valence-corrected chi connectivity index (χ1v) is 6.44. The zero-order valence-electron chi connectivity index (χ0n) is 10.9. The van der Waals surface area contributed by atoms with Gasteiger partial charge in [-0.1, -0.05) is 17.7 Å².